The summed E-state index contributed by atoms with van der Waals surface area (Å²) >= 11 is 0. The number of hydrogen-bond acceptors (Lipinski definition) is 11. The van der Waals surface area contributed by atoms with Crippen molar-refractivity contribution in [2.75, 3.05) is 6.61 Å². The van der Waals surface area contributed by atoms with Crippen molar-refractivity contribution in [1.29, 1.82) is 0 Å². The Labute approximate surface area is 183 Å². The lowest BCUT2D eigenvalue weighted by atomic mass is 10.1. The van der Waals surface area contributed by atoms with E-state index in [0.29, 0.717) is 0 Å². The summed E-state index contributed by atoms with van der Waals surface area (Å²) in [5, 5.41) is 0. The second-order valence-corrected chi connectivity index (χ2v) is 6.84. The lowest BCUT2D eigenvalue weighted by molar-refractivity contribution is -0.202. The van der Waals surface area contributed by atoms with Gasteiger partial charge in [-0.1, -0.05) is 18.2 Å². The third kappa shape index (κ3) is 7.05. The van der Waals surface area contributed by atoms with Crippen LogP contribution in [-0.4, -0.2) is 67.2 Å². The van der Waals surface area contributed by atoms with Crippen LogP contribution in [0.3, 0.4) is 0 Å². The normalized spacial score (nSPS) is 22.9. The highest BCUT2D eigenvalue weighted by Gasteiger charge is 2.55. The monoisotopic (exact) mass is 452 g/mol. The molecule has 0 radical (unpaired) electrons. The molecule has 0 aliphatic carbocycles. The summed E-state index contributed by atoms with van der Waals surface area (Å²) in [6.07, 6.45) is -6.66. The van der Waals surface area contributed by atoms with E-state index in [1.807, 2.05) is 0 Å². The van der Waals surface area contributed by atoms with Crippen molar-refractivity contribution in [3.05, 3.63) is 35.9 Å². The van der Waals surface area contributed by atoms with E-state index in [4.69, 9.17) is 28.4 Å². The van der Waals surface area contributed by atoms with Gasteiger partial charge in [-0.05, 0) is 12.1 Å². The van der Waals surface area contributed by atoms with E-state index >= 15 is 0 Å². The number of rotatable bonds is 8. The summed E-state index contributed by atoms with van der Waals surface area (Å²) in [5.41, 5.74) is 0.258. The fourth-order valence-corrected chi connectivity index (χ4v) is 3.07. The molecule has 1 unspecified atom stereocenters. The second kappa shape index (κ2) is 11.2. The Morgan fingerprint density at radius 2 is 1.38 bits per heavy atom. The maximum absolute atomic E-state index is 12.3. The first-order chi connectivity index (χ1) is 15.1. The van der Waals surface area contributed by atoms with Gasteiger partial charge in [0, 0.05) is 27.7 Å². The summed E-state index contributed by atoms with van der Waals surface area (Å²) in [6.45, 7) is 3.96. The molecule has 0 amide bonds. The zero-order valence-corrected chi connectivity index (χ0v) is 18.0. The SMILES string of the molecule is CC(=O)OC1O[C@H]([C@@H](COC(=O)c2ccccc2)OC(C)=O)[C@H](OC(C)=O)[C@H]1OC(C)=O. The zero-order chi connectivity index (χ0) is 23.8. The van der Waals surface area contributed by atoms with Crippen molar-refractivity contribution in [2.45, 2.75) is 58.4 Å². The van der Waals surface area contributed by atoms with Crippen LogP contribution in [-0.2, 0) is 47.6 Å². The van der Waals surface area contributed by atoms with Crippen LogP contribution in [0.1, 0.15) is 38.1 Å². The Morgan fingerprint density at radius 3 is 1.91 bits per heavy atom. The number of carbonyl (C=O) groups excluding carboxylic acids is 5. The predicted molar refractivity (Wildman–Crippen MR) is 104 cm³/mol. The maximum atomic E-state index is 12.3. The van der Waals surface area contributed by atoms with Crippen molar-refractivity contribution in [1.82, 2.24) is 0 Å². The molecule has 0 spiro atoms. The van der Waals surface area contributed by atoms with Crippen molar-refractivity contribution in [3.8, 4) is 0 Å². The molecule has 5 atom stereocenters. The van der Waals surface area contributed by atoms with Crippen LogP contribution in [0.4, 0.5) is 0 Å². The van der Waals surface area contributed by atoms with Gasteiger partial charge in [0.05, 0.1) is 5.56 Å². The van der Waals surface area contributed by atoms with Crippen molar-refractivity contribution >= 4 is 29.8 Å². The van der Waals surface area contributed by atoms with E-state index in [2.05, 4.69) is 0 Å². The quantitative estimate of drug-likeness (QED) is 0.411. The molecule has 174 valence electrons. The van der Waals surface area contributed by atoms with Gasteiger partial charge in [-0.2, -0.15) is 0 Å². The molecule has 1 fully saturated rings. The van der Waals surface area contributed by atoms with E-state index in [0.717, 1.165) is 27.7 Å². The molecule has 1 aliphatic rings. The standard InChI is InChI=1S/C21H24O11/c1-11(22)28-16(10-27-20(26)15-8-6-5-7-9-15)17-18(29-12(2)23)19(30-13(3)24)21(32-17)31-14(4)25/h5-9,16-19,21H,10H2,1-4H3/t16-,17-,18+,19-,21?/m1/s1. The minimum Gasteiger partial charge on any atom is -0.458 e. The highest BCUT2D eigenvalue weighted by atomic mass is 16.8. The third-order valence-corrected chi connectivity index (χ3v) is 4.17. The molecular weight excluding hydrogens is 428 g/mol. The molecule has 1 aliphatic heterocycles. The van der Waals surface area contributed by atoms with Crippen molar-refractivity contribution in [2.24, 2.45) is 0 Å². The average molecular weight is 452 g/mol. The predicted octanol–water partition coefficient (Wildman–Crippen LogP) is 0.926. The first kappa shape index (κ1) is 24.8. The first-order valence-electron chi connectivity index (χ1n) is 9.65. The fourth-order valence-electron chi connectivity index (χ4n) is 3.07. The van der Waals surface area contributed by atoms with Gasteiger partial charge in [-0.15, -0.1) is 0 Å². The molecular formula is C21H24O11. The smallest absolute Gasteiger partial charge is 0.338 e. The van der Waals surface area contributed by atoms with Crippen LogP contribution in [0.2, 0.25) is 0 Å². The highest BCUT2D eigenvalue weighted by molar-refractivity contribution is 5.89. The molecule has 1 heterocycles. The fraction of sp³-hybridized carbons (Fsp3) is 0.476. The van der Waals surface area contributed by atoms with Gasteiger partial charge < -0.3 is 28.4 Å². The third-order valence-electron chi connectivity index (χ3n) is 4.17. The molecule has 1 saturated heterocycles. The lowest BCUT2D eigenvalue weighted by Crippen LogP contribution is -2.47. The summed E-state index contributed by atoms with van der Waals surface area (Å²) in [4.78, 5) is 58.7. The Hall–Kier alpha value is -3.47. The summed E-state index contributed by atoms with van der Waals surface area (Å²) in [6, 6.07) is 8.07. The molecule has 11 heteroatoms. The van der Waals surface area contributed by atoms with Gasteiger partial charge in [0.25, 0.3) is 0 Å². The van der Waals surface area contributed by atoms with Crippen LogP contribution in [0.25, 0.3) is 0 Å². The number of hydrogen-bond donors (Lipinski definition) is 0. The van der Waals surface area contributed by atoms with Crippen LogP contribution in [0.5, 0.6) is 0 Å². The van der Waals surface area contributed by atoms with E-state index in [-0.39, 0.29) is 5.56 Å². The molecule has 1 aromatic carbocycles. The van der Waals surface area contributed by atoms with Gasteiger partial charge in [-0.3, -0.25) is 19.2 Å². The van der Waals surface area contributed by atoms with Gasteiger partial charge in [0.2, 0.25) is 12.4 Å². The van der Waals surface area contributed by atoms with Crippen LogP contribution < -0.4 is 0 Å². The van der Waals surface area contributed by atoms with E-state index in [1.54, 1.807) is 18.2 Å². The summed E-state index contributed by atoms with van der Waals surface area (Å²) in [5.74, 6) is -3.71. The van der Waals surface area contributed by atoms with Crippen molar-refractivity contribution < 1.29 is 52.4 Å². The van der Waals surface area contributed by atoms with Crippen LogP contribution in [0, 0.1) is 0 Å². The largest absolute Gasteiger partial charge is 0.458 e. The number of ether oxygens (including phenoxy) is 6. The molecule has 0 N–H and O–H groups in total. The van der Waals surface area contributed by atoms with E-state index in [1.165, 1.54) is 12.1 Å². The average Bonchev–Trinajstić information content (AvgIpc) is 3.00. The Morgan fingerprint density at radius 1 is 0.812 bits per heavy atom. The van der Waals surface area contributed by atoms with E-state index in [9.17, 15) is 24.0 Å². The lowest BCUT2D eigenvalue weighted by Gasteiger charge is -2.27. The van der Waals surface area contributed by atoms with Gasteiger partial charge in [0.1, 0.15) is 12.7 Å². The summed E-state index contributed by atoms with van der Waals surface area (Å²) in [7, 11) is 0. The maximum Gasteiger partial charge on any atom is 0.338 e. The Bertz CT molecular complexity index is 851. The van der Waals surface area contributed by atoms with Gasteiger partial charge >= 0.3 is 29.8 Å². The van der Waals surface area contributed by atoms with Crippen LogP contribution >= 0.6 is 0 Å². The Kier molecular flexibility index (Phi) is 8.71. The van der Waals surface area contributed by atoms with Crippen LogP contribution in [0.15, 0.2) is 30.3 Å². The first-order valence-corrected chi connectivity index (χ1v) is 9.65. The summed E-state index contributed by atoms with van der Waals surface area (Å²) < 4.78 is 31.5. The van der Waals surface area contributed by atoms with Gasteiger partial charge in [0.15, 0.2) is 12.2 Å². The molecule has 32 heavy (non-hydrogen) atoms. The minimum atomic E-state index is -1.45. The zero-order valence-electron chi connectivity index (χ0n) is 18.0. The number of carbonyl (C=O) groups is 5. The minimum absolute atomic E-state index is 0.258. The van der Waals surface area contributed by atoms with Crippen molar-refractivity contribution in [3.63, 3.8) is 0 Å². The number of benzene rings is 1. The molecule has 1 aromatic rings. The molecule has 0 aromatic heterocycles. The second-order valence-electron chi connectivity index (χ2n) is 6.84. The van der Waals surface area contributed by atoms with E-state index < -0.39 is 67.2 Å². The van der Waals surface area contributed by atoms with Gasteiger partial charge in [-0.25, -0.2) is 4.79 Å². The molecule has 0 bridgehead atoms. The molecule has 11 nitrogen and oxygen atoms in total. The molecule has 0 saturated carbocycles. The number of esters is 5. The Balaban J connectivity index is 2.29. The molecule has 2 rings (SSSR count). The highest BCUT2D eigenvalue weighted by Crippen LogP contribution is 2.31. The topological polar surface area (TPSA) is 141 Å².